The lowest BCUT2D eigenvalue weighted by Crippen LogP contribution is -2.40. The van der Waals surface area contributed by atoms with E-state index in [0.717, 1.165) is 24.2 Å². The highest BCUT2D eigenvalue weighted by Gasteiger charge is 2.22. The van der Waals surface area contributed by atoms with Gasteiger partial charge in [-0.1, -0.05) is 36.7 Å². The number of likely N-dealkylation sites (N-methyl/N-ethyl adjacent to an activating group) is 1. The van der Waals surface area contributed by atoms with Crippen molar-refractivity contribution in [2.45, 2.75) is 44.8 Å². The predicted octanol–water partition coefficient (Wildman–Crippen LogP) is 3.30. The van der Waals surface area contributed by atoms with Gasteiger partial charge >= 0.3 is 0 Å². The number of hydrogen-bond donors (Lipinski definition) is 1. The van der Waals surface area contributed by atoms with Crippen LogP contribution in [0.4, 0.5) is 0 Å². The molecule has 0 amide bonds. The van der Waals surface area contributed by atoms with Crippen molar-refractivity contribution in [1.82, 2.24) is 10.2 Å². The summed E-state index contributed by atoms with van der Waals surface area (Å²) in [6.07, 6.45) is 3.87. The summed E-state index contributed by atoms with van der Waals surface area (Å²) in [5.41, 5.74) is 1.21. The Morgan fingerprint density at radius 1 is 1.39 bits per heavy atom. The summed E-state index contributed by atoms with van der Waals surface area (Å²) < 4.78 is 0. The summed E-state index contributed by atoms with van der Waals surface area (Å²) in [6.45, 7) is 4.26. The Morgan fingerprint density at radius 3 is 2.72 bits per heavy atom. The molecule has 2 rings (SSSR count). The minimum Gasteiger partial charge on any atom is -0.312 e. The van der Waals surface area contributed by atoms with Crippen molar-refractivity contribution in [2.75, 3.05) is 13.6 Å². The summed E-state index contributed by atoms with van der Waals surface area (Å²) >= 11 is 6.21. The highest BCUT2D eigenvalue weighted by molar-refractivity contribution is 6.31. The molecule has 0 aromatic heterocycles. The second kappa shape index (κ2) is 6.55. The van der Waals surface area contributed by atoms with Crippen LogP contribution in [-0.4, -0.2) is 30.6 Å². The zero-order valence-corrected chi connectivity index (χ0v) is 12.1. The maximum atomic E-state index is 6.21. The molecule has 1 aromatic carbocycles. The Labute approximate surface area is 115 Å². The normalized spacial score (nSPS) is 17.1. The quantitative estimate of drug-likeness (QED) is 0.815. The molecular weight excluding hydrogens is 244 g/mol. The molecule has 1 fully saturated rings. The van der Waals surface area contributed by atoms with E-state index in [0.29, 0.717) is 6.04 Å². The van der Waals surface area contributed by atoms with Gasteiger partial charge in [-0.3, -0.25) is 4.90 Å². The minimum atomic E-state index is 0.585. The lowest BCUT2D eigenvalue weighted by atomic mass is 10.1. The van der Waals surface area contributed by atoms with Crippen LogP contribution in [-0.2, 0) is 6.54 Å². The summed E-state index contributed by atoms with van der Waals surface area (Å²) in [7, 11) is 2.19. The van der Waals surface area contributed by atoms with E-state index in [-0.39, 0.29) is 0 Å². The maximum absolute atomic E-state index is 6.21. The van der Waals surface area contributed by atoms with Crippen LogP contribution in [0, 0.1) is 0 Å². The molecule has 0 spiro atoms. The minimum absolute atomic E-state index is 0.585. The predicted molar refractivity (Wildman–Crippen MR) is 78.0 cm³/mol. The zero-order chi connectivity index (χ0) is 13.0. The summed E-state index contributed by atoms with van der Waals surface area (Å²) in [4.78, 5) is 2.40. The number of hydrogen-bond acceptors (Lipinski definition) is 2. The summed E-state index contributed by atoms with van der Waals surface area (Å²) in [5, 5.41) is 4.48. The Balaban J connectivity index is 1.87. The molecule has 18 heavy (non-hydrogen) atoms. The van der Waals surface area contributed by atoms with Crippen LogP contribution in [0.3, 0.4) is 0 Å². The van der Waals surface area contributed by atoms with Crippen molar-refractivity contribution in [3.63, 3.8) is 0 Å². The Morgan fingerprint density at radius 2 is 2.11 bits per heavy atom. The molecule has 2 nitrogen and oxygen atoms in total. The van der Waals surface area contributed by atoms with Gasteiger partial charge in [0.2, 0.25) is 0 Å². The van der Waals surface area contributed by atoms with E-state index in [2.05, 4.69) is 36.3 Å². The first-order valence-electron chi connectivity index (χ1n) is 6.87. The molecule has 0 bridgehead atoms. The molecule has 1 unspecified atom stereocenters. The molecule has 100 valence electrons. The fourth-order valence-electron chi connectivity index (χ4n) is 2.23. The number of rotatable bonds is 7. The summed E-state index contributed by atoms with van der Waals surface area (Å²) in [5.74, 6) is 0. The largest absolute Gasteiger partial charge is 0.312 e. The van der Waals surface area contributed by atoms with Gasteiger partial charge in [0.1, 0.15) is 0 Å². The highest BCUT2D eigenvalue weighted by Crippen LogP contribution is 2.20. The lowest BCUT2D eigenvalue weighted by Gasteiger charge is -2.28. The Kier molecular flexibility index (Phi) is 5.04. The Hall–Kier alpha value is -0.570. The molecule has 1 atom stereocenters. The van der Waals surface area contributed by atoms with Crippen molar-refractivity contribution in [2.24, 2.45) is 0 Å². The highest BCUT2D eigenvalue weighted by atomic mass is 35.5. The first-order chi connectivity index (χ1) is 8.70. The van der Waals surface area contributed by atoms with E-state index in [1.807, 2.05) is 12.1 Å². The van der Waals surface area contributed by atoms with E-state index in [9.17, 15) is 0 Å². The molecule has 3 heteroatoms. The van der Waals surface area contributed by atoms with Gasteiger partial charge in [0.05, 0.1) is 0 Å². The smallest absolute Gasteiger partial charge is 0.0451 e. The third kappa shape index (κ3) is 3.98. The van der Waals surface area contributed by atoms with Gasteiger partial charge in [0.25, 0.3) is 0 Å². The lowest BCUT2D eigenvalue weighted by molar-refractivity contribution is 0.221. The standard InChI is InChI=1S/C15H23ClN2/c1-3-14(10-17-13-8-9-13)18(2)11-12-6-4-5-7-15(12)16/h4-7,13-14,17H,3,8-11H2,1-2H3. The molecule has 0 radical (unpaired) electrons. The number of benzene rings is 1. The van der Waals surface area contributed by atoms with E-state index in [1.165, 1.54) is 24.8 Å². The monoisotopic (exact) mass is 266 g/mol. The van der Waals surface area contributed by atoms with Gasteiger partial charge in [0.15, 0.2) is 0 Å². The molecule has 1 aliphatic rings. The van der Waals surface area contributed by atoms with E-state index in [1.54, 1.807) is 0 Å². The first kappa shape index (κ1) is 13.9. The van der Waals surface area contributed by atoms with Crippen molar-refractivity contribution in [3.8, 4) is 0 Å². The van der Waals surface area contributed by atoms with Gasteiger partial charge in [-0.15, -0.1) is 0 Å². The van der Waals surface area contributed by atoms with Crippen molar-refractivity contribution in [1.29, 1.82) is 0 Å². The van der Waals surface area contributed by atoms with Crippen LogP contribution in [0.5, 0.6) is 0 Å². The third-order valence-electron chi connectivity index (χ3n) is 3.69. The zero-order valence-electron chi connectivity index (χ0n) is 11.3. The molecule has 1 saturated carbocycles. The van der Waals surface area contributed by atoms with Gasteiger partial charge in [-0.2, -0.15) is 0 Å². The van der Waals surface area contributed by atoms with E-state index < -0.39 is 0 Å². The molecule has 0 saturated heterocycles. The fourth-order valence-corrected chi connectivity index (χ4v) is 2.42. The maximum Gasteiger partial charge on any atom is 0.0451 e. The first-order valence-corrected chi connectivity index (χ1v) is 7.25. The van der Waals surface area contributed by atoms with E-state index >= 15 is 0 Å². The van der Waals surface area contributed by atoms with Crippen LogP contribution in [0.15, 0.2) is 24.3 Å². The van der Waals surface area contributed by atoms with Crippen molar-refractivity contribution >= 4 is 11.6 Å². The van der Waals surface area contributed by atoms with Crippen molar-refractivity contribution in [3.05, 3.63) is 34.9 Å². The van der Waals surface area contributed by atoms with Crippen LogP contribution in [0.1, 0.15) is 31.7 Å². The molecule has 0 heterocycles. The van der Waals surface area contributed by atoms with Crippen LogP contribution >= 0.6 is 11.6 Å². The third-order valence-corrected chi connectivity index (χ3v) is 4.06. The van der Waals surface area contributed by atoms with Crippen LogP contribution < -0.4 is 5.32 Å². The van der Waals surface area contributed by atoms with Gasteiger partial charge < -0.3 is 5.32 Å². The van der Waals surface area contributed by atoms with Crippen LogP contribution in [0.2, 0.25) is 5.02 Å². The summed E-state index contributed by atoms with van der Waals surface area (Å²) in [6, 6.07) is 9.49. The second-order valence-electron chi connectivity index (χ2n) is 5.25. The average Bonchev–Trinajstić information content (AvgIpc) is 3.17. The number of nitrogens with one attached hydrogen (secondary N) is 1. The molecular formula is C15H23ClN2. The van der Waals surface area contributed by atoms with Crippen LogP contribution in [0.25, 0.3) is 0 Å². The molecule has 0 aliphatic heterocycles. The number of nitrogens with zero attached hydrogens (tertiary/aromatic N) is 1. The molecule has 1 aromatic rings. The second-order valence-corrected chi connectivity index (χ2v) is 5.66. The van der Waals surface area contributed by atoms with Crippen molar-refractivity contribution < 1.29 is 0 Å². The van der Waals surface area contributed by atoms with Gasteiger partial charge in [0, 0.05) is 30.2 Å². The SMILES string of the molecule is CCC(CNC1CC1)N(C)Cc1ccccc1Cl. The van der Waals surface area contributed by atoms with E-state index in [4.69, 9.17) is 11.6 Å². The van der Waals surface area contributed by atoms with Gasteiger partial charge in [-0.05, 0) is 37.9 Å². The molecule has 1 aliphatic carbocycles. The average molecular weight is 267 g/mol. The number of halogens is 1. The van der Waals surface area contributed by atoms with Gasteiger partial charge in [-0.25, -0.2) is 0 Å². The topological polar surface area (TPSA) is 15.3 Å². The Bertz CT molecular complexity index is 377. The molecule has 1 N–H and O–H groups in total. The fraction of sp³-hybridized carbons (Fsp3) is 0.600.